The van der Waals surface area contributed by atoms with Crippen LogP contribution in [0.2, 0.25) is 0 Å². The fourth-order valence-electron chi connectivity index (χ4n) is 2.52. The molecule has 1 N–H and O–H groups in total. The van der Waals surface area contributed by atoms with Crippen LogP contribution in [0.1, 0.15) is 18.2 Å². The van der Waals surface area contributed by atoms with Gasteiger partial charge in [0.1, 0.15) is 11.6 Å². The van der Waals surface area contributed by atoms with Crippen molar-refractivity contribution in [3.05, 3.63) is 41.1 Å². The molecule has 0 spiro atoms. The van der Waals surface area contributed by atoms with Gasteiger partial charge in [0.2, 0.25) is 0 Å². The fraction of sp³-hybridized carbons (Fsp3) is 0.357. The number of likely N-dealkylation sites (N-methyl/N-ethyl adjacent to an activating group) is 1. The third-order valence-electron chi connectivity index (χ3n) is 3.64. The van der Waals surface area contributed by atoms with Gasteiger partial charge in [0.05, 0.1) is 5.69 Å². The van der Waals surface area contributed by atoms with E-state index in [0.29, 0.717) is 5.69 Å². The number of fused-ring (bicyclic) bond motifs is 1. The minimum atomic E-state index is -0.448. The molecule has 3 nitrogen and oxygen atoms in total. The summed E-state index contributed by atoms with van der Waals surface area (Å²) < 4.78 is 27.1. The number of aromatic nitrogens is 2. The second kappa shape index (κ2) is 4.74. The van der Waals surface area contributed by atoms with Crippen molar-refractivity contribution in [1.82, 2.24) is 15.1 Å². The number of aromatic amines is 1. The summed E-state index contributed by atoms with van der Waals surface area (Å²) in [4.78, 5) is 2.26. The van der Waals surface area contributed by atoms with Crippen molar-refractivity contribution in [2.24, 2.45) is 0 Å². The Balaban J connectivity index is 2.07. The summed E-state index contributed by atoms with van der Waals surface area (Å²) in [6, 6.07) is 3.47. The maximum Gasteiger partial charge on any atom is 0.132 e. The van der Waals surface area contributed by atoms with Gasteiger partial charge in [0.15, 0.2) is 0 Å². The highest BCUT2D eigenvalue weighted by Gasteiger charge is 2.23. The van der Waals surface area contributed by atoms with Crippen LogP contribution >= 0.6 is 0 Å². The summed E-state index contributed by atoms with van der Waals surface area (Å²) in [7, 11) is 0. The Morgan fingerprint density at radius 3 is 3.00 bits per heavy atom. The van der Waals surface area contributed by atoms with Gasteiger partial charge in [-0.2, -0.15) is 5.10 Å². The molecule has 0 fully saturated rings. The summed E-state index contributed by atoms with van der Waals surface area (Å²) in [5, 5.41) is 7.13. The van der Waals surface area contributed by atoms with Crippen LogP contribution in [0, 0.1) is 11.6 Å². The molecular weight excluding hydrogens is 248 g/mol. The molecule has 5 heteroatoms. The van der Waals surface area contributed by atoms with Gasteiger partial charge in [-0.3, -0.25) is 10.00 Å². The monoisotopic (exact) mass is 263 g/mol. The third-order valence-corrected chi connectivity index (χ3v) is 3.64. The molecule has 1 aliphatic heterocycles. The lowest BCUT2D eigenvalue weighted by atomic mass is 10.0. The van der Waals surface area contributed by atoms with Gasteiger partial charge in [-0.05, 0) is 24.7 Å². The number of nitrogens with zero attached hydrogens (tertiary/aromatic N) is 2. The van der Waals surface area contributed by atoms with Crippen LogP contribution in [0.25, 0.3) is 11.3 Å². The maximum absolute atomic E-state index is 13.8. The van der Waals surface area contributed by atoms with E-state index >= 15 is 0 Å². The van der Waals surface area contributed by atoms with E-state index < -0.39 is 11.6 Å². The SMILES string of the molecule is CCN1CCc2[nH]nc(-c3cc(F)ccc3F)c2C1. The van der Waals surface area contributed by atoms with Gasteiger partial charge in [-0.15, -0.1) is 0 Å². The Morgan fingerprint density at radius 1 is 1.37 bits per heavy atom. The Bertz CT molecular complexity index is 607. The van der Waals surface area contributed by atoms with Crippen LogP contribution in [-0.4, -0.2) is 28.2 Å². The van der Waals surface area contributed by atoms with Crippen LogP contribution in [-0.2, 0) is 13.0 Å². The molecule has 0 aliphatic carbocycles. The second-order valence-electron chi connectivity index (χ2n) is 4.77. The van der Waals surface area contributed by atoms with Crippen LogP contribution in [0.5, 0.6) is 0 Å². The van der Waals surface area contributed by atoms with E-state index in [4.69, 9.17) is 0 Å². The molecule has 0 saturated heterocycles. The van der Waals surface area contributed by atoms with Gasteiger partial charge < -0.3 is 0 Å². The van der Waals surface area contributed by atoms with Crippen molar-refractivity contribution in [2.45, 2.75) is 19.9 Å². The van der Waals surface area contributed by atoms with Crippen LogP contribution in [0.3, 0.4) is 0 Å². The molecule has 1 aromatic heterocycles. The Labute approximate surface area is 110 Å². The number of rotatable bonds is 2. The maximum atomic E-state index is 13.8. The molecule has 2 heterocycles. The van der Waals surface area contributed by atoms with Crippen molar-refractivity contribution < 1.29 is 8.78 Å². The average molecular weight is 263 g/mol. The number of nitrogens with one attached hydrogen (secondary N) is 1. The Hall–Kier alpha value is -1.75. The molecule has 3 rings (SSSR count). The highest BCUT2D eigenvalue weighted by molar-refractivity contribution is 5.65. The molecule has 0 amide bonds. The summed E-state index contributed by atoms with van der Waals surface area (Å²) in [6.07, 6.45) is 0.868. The van der Waals surface area contributed by atoms with E-state index in [2.05, 4.69) is 22.0 Å². The van der Waals surface area contributed by atoms with Crippen LogP contribution in [0.15, 0.2) is 18.2 Å². The van der Waals surface area contributed by atoms with Crippen molar-refractivity contribution in [3.63, 3.8) is 0 Å². The van der Waals surface area contributed by atoms with Gasteiger partial charge in [-0.25, -0.2) is 8.78 Å². The minimum Gasteiger partial charge on any atom is -0.299 e. The number of H-pyrrole nitrogens is 1. The molecular formula is C14H15F2N3. The molecule has 19 heavy (non-hydrogen) atoms. The van der Waals surface area contributed by atoms with E-state index in [-0.39, 0.29) is 5.56 Å². The van der Waals surface area contributed by atoms with E-state index in [9.17, 15) is 8.78 Å². The molecule has 0 radical (unpaired) electrons. The van der Waals surface area contributed by atoms with Crippen LogP contribution < -0.4 is 0 Å². The van der Waals surface area contributed by atoms with Crippen molar-refractivity contribution >= 4 is 0 Å². The van der Waals surface area contributed by atoms with Gasteiger partial charge in [-0.1, -0.05) is 6.92 Å². The summed E-state index contributed by atoms with van der Waals surface area (Å²) in [5.74, 6) is -0.888. The standard InChI is InChI=1S/C14H15F2N3/c1-2-19-6-5-13-11(8-19)14(18-17-13)10-7-9(15)3-4-12(10)16/h3-4,7H,2,5-6,8H2,1H3,(H,17,18). The zero-order valence-corrected chi connectivity index (χ0v) is 10.7. The Morgan fingerprint density at radius 2 is 2.21 bits per heavy atom. The van der Waals surface area contributed by atoms with Gasteiger partial charge in [0, 0.05) is 36.3 Å². The van der Waals surface area contributed by atoms with Crippen molar-refractivity contribution in [1.29, 1.82) is 0 Å². The first kappa shape index (κ1) is 12.3. The smallest absolute Gasteiger partial charge is 0.132 e. The lowest BCUT2D eigenvalue weighted by Crippen LogP contribution is -2.30. The lowest BCUT2D eigenvalue weighted by molar-refractivity contribution is 0.267. The first-order valence-corrected chi connectivity index (χ1v) is 6.43. The summed E-state index contributed by atoms with van der Waals surface area (Å²) in [5.41, 5.74) is 2.78. The van der Waals surface area contributed by atoms with E-state index in [1.54, 1.807) is 0 Å². The number of benzene rings is 1. The molecule has 1 aliphatic rings. The normalized spacial score (nSPS) is 15.5. The lowest BCUT2D eigenvalue weighted by Gasteiger charge is -2.25. The first-order valence-electron chi connectivity index (χ1n) is 6.43. The predicted octanol–water partition coefficient (Wildman–Crippen LogP) is 2.73. The number of hydrogen-bond acceptors (Lipinski definition) is 2. The van der Waals surface area contributed by atoms with E-state index in [0.717, 1.165) is 49.4 Å². The highest BCUT2D eigenvalue weighted by Crippen LogP contribution is 2.30. The average Bonchev–Trinajstić information content (AvgIpc) is 2.84. The molecule has 0 saturated carbocycles. The van der Waals surface area contributed by atoms with Crippen molar-refractivity contribution in [2.75, 3.05) is 13.1 Å². The summed E-state index contributed by atoms with van der Waals surface area (Å²) in [6.45, 7) is 4.73. The second-order valence-corrected chi connectivity index (χ2v) is 4.77. The molecule has 0 unspecified atom stereocenters. The molecule has 2 aromatic rings. The molecule has 0 atom stereocenters. The number of hydrogen-bond donors (Lipinski definition) is 1. The zero-order chi connectivity index (χ0) is 13.4. The number of halogens is 2. The van der Waals surface area contributed by atoms with E-state index in [1.807, 2.05) is 0 Å². The molecule has 1 aromatic carbocycles. The molecule has 100 valence electrons. The molecule has 0 bridgehead atoms. The largest absolute Gasteiger partial charge is 0.299 e. The van der Waals surface area contributed by atoms with Gasteiger partial charge >= 0.3 is 0 Å². The van der Waals surface area contributed by atoms with Crippen LogP contribution in [0.4, 0.5) is 8.78 Å². The predicted molar refractivity (Wildman–Crippen MR) is 68.6 cm³/mol. The minimum absolute atomic E-state index is 0.232. The van der Waals surface area contributed by atoms with Crippen molar-refractivity contribution in [3.8, 4) is 11.3 Å². The quantitative estimate of drug-likeness (QED) is 0.903. The Kier molecular flexibility index (Phi) is 3.06. The topological polar surface area (TPSA) is 31.9 Å². The van der Waals surface area contributed by atoms with E-state index in [1.165, 1.54) is 6.07 Å². The fourth-order valence-corrected chi connectivity index (χ4v) is 2.52. The summed E-state index contributed by atoms with van der Waals surface area (Å²) >= 11 is 0. The third kappa shape index (κ3) is 2.14. The van der Waals surface area contributed by atoms with Gasteiger partial charge in [0.25, 0.3) is 0 Å². The zero-order valence-electron chi connectivity index (χ0n) is 10.7. The highest BCUT2D eigenvalue weighted by atomic mass is 19.1. The first-order chi connectivity index (χ1) is 9.19.